The first-order valence-electron chi connectivity index (χ1n) is 4.08. The van der Waals surface area contributed by atoms with E-state index in [0.717, 1.165) is 5.69 Å². The van der Waals surface area contributed by atoms with Crippen LogP contribution in [-0.4, -0.2) is 25.1 Å². The first-order chi connectivity index (χ1) is 6.20. The van der Waals surface area contributed by atoms with Gasteiger partial charge in [-0.2, -0.15) is 0 Å². The van der Waals surface area contributed by atoms with Gasteiger partial charge in [0, 0.05) is 17.7 Å². The second-order valence-corrected chi connectivity index (χ2v) is 2.81. The molecule has 13 heavy (non-hydrogen) atoms. The van der Waals surface area contributed by atoms with Crippen molar-refractivity contribution in [2.45, 2.75) is 0 Å². The van der Waals surface area contributed by atoms with Gasteiger partial charge in [-0.25, -0.2) is 0 Å². The average molecular weight is 180 g/mol. The predicted octanol–water partition coefficient (Wildman–Crippen LogP) is 1.40. The zero-order chi connectivity index (χ0) is 9.68. The third-order valence-corrected chi connectivity index (χ3v) is 1.81. The Kier molecular flexibility index (Phi) is 3.25. The lowest BCUT2D eigenvalue weighted by molar-refractivity contribution is -0.476. The lowest BCUT2D eigenvalue weighted by atomic mass is 10.3. The fraction of sp³-hybridized carbons (Fsp3) is 0.333. The zero-order valence-electron chi connectivity index (χ0n) is 7.51. The smallest absolute Gasteiger partial charge is 0.221 e. The van der Waals surface area contributed by atoms with E-state index in [1.807, 2.05) is 42.3 Å². The normalized spacial score (nSPS) is 9.62. The quantitative estimate of drug-likeness (QED) is 0.519. The number of nitro groups is 1. The molecule has 0 aliphatic heterocycles. The summed E-state index contributed by atoms with van der Waals surface area (Å²) in [4.78, 5) is 11.7. The molecule has 0 N–H and O–H groups in total. The highest BCUT2D eigenvalue weighted by Crippen LogP contribution is 2.09. The minimum absolute atomic E-state index is 0.0224. The van der Waals surface area contributed by atoms with Crippen molar-refractivity contribution in [2.75, 3.05) is 25.0 Å². The van der Waals surface area contributed by atoms with Crippen LogP contribution in [0.15, 0.2) is 30.3 Å². The third-order valence-electron chi connectivity index (χ3n) is 1.81. The van der Waals surface area contributed by atoms with Gasteiger partial charge in [0.25, 0.3) is 0 Å². The number of para-hydroxylation sites is 1. The molecule has 4 heteroatoms. The van der Waals surface area contributed by atoms with Crippen LogP contribution in [0, 0.1) is 10.1 Å². The maximum atomic E-state index is 10.1. The van der Waals surface area contributed by atoms with Gasteiger partial charge in [-0.15, -0.1) is 0 Å². The van der Waals surface area contributed by atoms with Crippen molar-refractivity contribution >= 4 is 5.69 Å². The zero-order valence-corrected chi connectivity index (χ0v) is 7.51. The molecule has 0 radical (unpaired) electrons. The number of anilines is 1. The van der Waals surface area contributed by atoms with E-state index < -0.39 is 0 Å². The van der Waals surface area contributed by atoms with Gasteiger partial charge in [0.1, 0.15) is 0 Å². The van der Waals surface area contributed by atoms with E-state index in [4.69, 9.17) is 0 Å². The van der Waals surface area contributed by atoms with Crippen LogP contribution >= 0.6 is 0 Å². The summed E-state index contributed by atoms with van der Waals surface area (Å²) in [5, 5.41) is 10.1. The van der Waals surface area contributed by atoms with Crippen LogP contribution in [0.1, 0.15) is 0 Å². The number of nitrogens with zero attached hydrogens (tertiary/aromatic N) is 2. The van der Waals surface area contributed by atoms with Crippen molar-refractivity contribution in [1.82, 2.24) is 0 Å². The van der Waals surface area contributed by atoms with Crippen LogP contribution < -0.4 is 4.90 Å². The van der Waals surface area contributed by atoms with Gasteiger partial charge in [0.05, 0.1) is 6.54 Å². The minimum atomic E-state index is -0.306. The Bertz CT molecular complexity index is 274. The van der Waals surface area contributed by atoms with Gasteiger partial charge in [-0.05, 0) is 12.1 Å². The van der Waals surface area contributed by atoms with Crippen molar-refractivity contribution in [3.63, 3.8) is 0 Å². The van der Waals surface area contributed by atoms with Gasteiger partial charge in [0.15, 0.2) is 0 Å². The number of benzene rings is 1. The number of rotatable bonds is 4. The Balaban J connectivity index is 2.49. The fourth-order valence-corrected chi connectivity index (χ4v) is 1.04. The number of hydrogen-bond donors (Lipinski definition) is 0. The Morgan fingerprint density at radius 2 is 2.00 bits per heavy atom. The molecule has 0 aliphatic carbocycles. The van der Waals surface area contributed by atoms with Crippen LogP contribution in [0.5, 0.6) is 0 Å². The summed E-state index contributed by atoms with van der Waals surface area (Å²) in [6, 6.07) is 9.61. The Hall–Kier alpha value is -1.58. The number of likely N-dealkylation sites (N-methyl/N-ethyl adjacent to an activating group) is 1. The highest BCUT2D eigenvalue weighted by atomic mass is 16.6. The molecule has 0 aromatic heterocycles. The van der Waals surface area contributed by atoms with Crippen LogP contribution in [0.3, 0.4) is 0 Å². The first kappa shape index (κ1) is 9.51. The van der Waals surface area contributed by atoms with Crippen molar-refractivity contribution in [1.29, 1.82) is 0 Å². The predicted molar refractivity (Wildman–Crippen MR) is 51.6 cm³/mol. The van der Waals surface area contributed by atoms with E-state index in [2.05, 4.69) is 0 Å². The summed E-state index contributed by atoms with van der Waals surface area (Å²) < 4.78 is 0. The van der Waals surface area contributed by atoms with Gasteiger partial charge < -0.3 is 4.90 Å². The van der Waals surface area contributed by atoms with Crippen LogP contribution in [0.2, 0.25) is 0 Å². The summed E-state index contributed by atoms with van der Waals surface area (Å²) in [5.74, 6) is 0. The molecule has 0 saturated carbocycles. The molecule has 0 atom stereocenters. The molecule has 0 amide bonds. The molecule has 4 nitrogen and oxygen atoms in total. The lowest BCUT2D eigenvalue weighted by Gasteiger charge is -2.16. The van der Waals surface area contributed by atoms with Crippen LogP contribution in [-0.2, 0) is 0 Å². The second kappa shape index (κ2) is 4.45. The van der Waals surface area contributed by atoms with Gasteiger partial charge >= 0.3 is 0 Å². The Morgan fingerprint density at radius 1 is 1.38 bits per heavy atom. The van der Waals surface area contributed by atoms with E-state index in [-0.39, 0.29) is 11.5 Å². The topological polar surface area (TPSA) is 46.4 Å². The van der Waals surface area contributed by atoms with E-state index in [1.54, 1.807) is 0 Å². The standard InChI is InChI=1S/C9H12N2O2/c1-10(7-8-11(12)13)9-5-3-2-4-6-9/h2-6H,7-8H2,1H3. The average Bonchev–Trinajstić information content (AvgIpc) is 2.15. The minimum Gasteiger partial charge on any atom is -0.368 e. The molecule has 70 valence electrons. The Morgan fingerprint density at radius 3 is 2.54 bits per heavy atom. The summed E-state index contributed by atoms with van der Waals surface area (Å²) in [6.07, 6.45) is 0. The molecule has 1 rings (SSSR count). The van der Waals surface area contributed by atoms with E-state index >= 15 is 0 Å². The summed E-state index contributed by atoms with van der Waals surface area (Å²) in [7, 11) is 1.85. The lowest BCUT2D eigenvalue weighted by Crippen LogP contribution is -2.24. The fourth-order valence-electron chi connectivity index (χ4n) is 1.04. The molecular formula is C9H12N2O2. The molecule has 1 aromatic rings. The van der Waals surface area contributed by atoms with Gasteiger partial charge in [0.2, 0.25) is 6.54 Å². The molecule has 0 saturated heterocycles. The summed E-state index contributed by atoms with van der Waals surface area (Å²) >= 11 is 0. The van der Waals surface area contributed by atoms with E-state index in [9.17, 15) is 10.1 Å². The molecule has 0 spiro atoms. The van der Waals surface area contributed by atoms with E-state index in [1.165, 1.54) is 0 Å². The molecule has 0 fully saturated rings. The van der Waals surface area contributed by atoms with Gasteiger partial charge in [-0.1, -0.05) is 18.2 Å². The molecule has 1 aromatic carbocycles. The van der Waals surface area contributed by atoms with Crippen LogP contribution in [0.25, 0.3) is 0 Å². The van der Waals surface area contributed by atoms with Crippen molar-refractivity contribution in [2.24, 2.45) is 0 Å². The Labute approximate surface area is 76.9 Å². The molecule has 0 unspecified atom stereocenters. The largest absolute Gasteiger partial charge is 0.368 e. The molecular weight excluding hydrogens is 168 g/mol. The number of hydrogen-bond acceptors (Lipinski definition) is 3. The molecule has 0 aliphatic rings. The monoisotopic (exact) mass is 180 g/mol. The maximum absolute atomic E-state index is 10.1. The molecule has 0 heterocycles. The van der Waals surface area contributed by atoms with E-state index in [0.29, 0.717) is 6.54 Å². The highest BCUT2D eigenvalue weighted by molar-refractivity contribution is 5.44. The maximum Gasteiger partial charge on any atom is 0.221 e. The second-order valence-electron chi connectivity index (χ2n) is 2.81. The molecule has 0 bridgehead atoms. The van der Waals surface area contributed by atoms with Crippen molar-refractivity contribution in [3.05, 3.63) is 40.4 Å². The van der Waals surface area contributed by atoms with Crippen molar-refractivity contribution < 1.29 is 4.92 Å². The van der Waals surface area contributed by atoms with Gasteiger partial charge in [-0.3, -0.25) is 10.1 Å². The highest BCUT2D eigenvalue weighted by Gasteiger charge is 2.03. The first-order valence-corrected chi connectivity index (χ1v) is 4.08. The summed E-state index contributed by atoms with van der Waals surface area (Å²) in [6.45, 7) is 0.419. The third kappa shape index (κ3) is 3.11. The summed E-state index contributed by atoms with van der Waals surface area (Å²) in [5.41, 5.74) is 1.00. The SMILES string of the molecule is CN(CC[N+](=O)[O-])c1ccccc1. The van der Waals surface area contributed by atoms with Crippen LogP contribution in [0.4, 0.5) is 5.69 Å². The van der Waals surface area contributed by atoms with Crippen molar-refractivity contribution in [3.8, 4) is 0 Å².